The Labute approximate surface area is 326 Å². The van der Waals surface area contributed by atoms with E-state index in [9.17, 15) is 0 Å². The van der Waals surface area contributed by atoms with E-state index in [1.165, 1.54) is 5.56 Å². The largest absolute Gasteiger partial charge is 0.456 e. The van der Waals surface area contributed by atoms with Gasteiger partial charge in [-0.2, -0.15) is 0 Å². The van der Waals surface area contributed by atoms with Crippen LogP contribution in [0.15, 0.2) is 185 Å². The predicted molar refractivity (Wildman–Crippen MR) is 231 cm³/mol. The van der Waals surface area contributed by atoms with Gasteiger partial charge in [-0.3, -0.25) is 0 Å². The molecule has 0 amide bonds. The van der Waals surface area contributed by atoms with Gasteiger partial charge in [-0.25, -0.2) is 15.0 Å². The maximum absolute atomic E-state index is 6.69. The molecule has 6 heteroatoms. The van der Waals surface area contributed by atoms with Crippen LogP contribution in [0.4, 0.5) is 0 Å². The molecule has 0 saturated heterocycles. The van der Waals surface area contributed by atoms with Gasteiger partial charge >= 0.3 is 0 Å². The van der Waals surface area contributed by atoms with E-state index in [-0.39, 0.29) is 5.92 Å². The molecule has 12 rings (SSSR count). The first kappa shape index (κ1) is 31.7. The highest BCUT2D eigenvalue weighted by molar-refractivity contribution is 6.24. The van der Waals surface area contributed by atoms with Crippen molar-refractivity contribution in [3.63, 3.8) is 0 Å². The highest BCUT2D eigenvalue weighted by Crippen LogP contribution is 2.43. The number of allylic oxidation sites excluding steroid dienone is 4. The standard InChI is InChI=1S/C51H32N4O2/c1-3-13-31(14-4-1)33-17-11-18-34(29-33)50-52-49(32-15-5-2-6-16-32)53-51(54-50)35-25-26-39-45(30-35)56-44-24-12-22-41(46(39)44)55-40-21-9-7-20-38(40)47-42(55)28-27-37-36-19-8-10-23-43(36)57-48(37)47/h1-16,18-30,33H,17H2. The first-order valence-corrected chi connectivity index (χ1v) is 19.3. The maximum atomic E-state index is 6.69. The molecule has 11 aromatic rings. The lowest BCUT2D eigenvalue weighted by Crippen LogP contribution is -2.05. The summed E-state index contributed by atoms with van der Waals surface area (Å²) in [6.07, 6.45) is 7.56. The van der Waals surface area contributed by atoms with Gasteiger partial charge in [0.05, 0.1) is 27.5 Å². The Morgan fingerprint density at radius 2 is 1.21 bits per heavy atom. The average molecular weight is 733 g/mol. The van der Waals surface area contributed by atoms with E-state index in [1.54, 1.807) is 0 Å². The molecule has 6 nitrogen and oxygen atoms in total. The number of furan rings is 2. The van der Waals surface area contributed by atoms with Crippen molar-refractivity contribution >= 4 is 71.3 Å². The van der Waals surface area contributed by atoms with Crippen LogP contribution < -0.4 is 0 Å². The molecule has 57 heavy (non-hydrogen) atoms. The molecule has 0 radical (unpaired) electrons. The molecule has 4 aromatic heterocycles. The predicted octanol–water partition coefficient (Wildman–Crippen LogP) is 13.2. The summed E-state index contributed by atoms with van der Waals surface area (Å²) < 4.78 is 15.6. The van der Waals surface area contributed by atoms with Crippen molar-refractivity contribution in [2.75, 3.05) is 0 Å². The van der Waals surface area contributed by atoms with Crippen molar-refractivity contribution in [1.82, 2.24) is 19.5 Å². The van der Waals surface area contributed by atoms with Gasteiger partial charge in [-0.1, -0.05) is 127 Å². The lowest BCUT2D eigenvalue weighted by molar-refractivity contribution is 0.669. The van der Waals surface area contributed by atoms with Gasteiger partial charge in [0.25, 0.3) is 0 Å². The van der Waals surface area contributed by atoms with E-state index in [2.05, 4.69) is 132 Å². The SMILES string of the molecule is C1=CC(c2nc(-c3ccccc3)nc(-c3ccc4c(c3)oc3cccc(-n5c6ccccc6c6c7oc8ccccc8c7ccc65)c34)n2)=CC(c2ccccc2)C1. The molecule has 0 spiro atoms. The fourth-order valence-electron chi connectivity index (χ4n) is 8.74. The summed E-state index contributed by atoms with van der Waals surface area (Å²) >= 11 is 0. The Balaban J connectivity index is 1.03. The fourth-order valence-corrected chi connectivity index (χ4v) is 8.74. The van der Waals surface area contributed by atoms with Crippen LogP contribution in [-0.2, 0) is 0 Å². The van der Waals surface area contributed by atoms with Crippen LogP contribution in [0.25, 0.3) is 99.7 Å². The Kier molecular flexibility index (Phi) is 6.95. The first-order valence-electron chi connectivity index (χ1n) is 19.3. The second-order valence-electron chi connectivity index (χ2n) is 14.7. The number of aromatic nitrogens is 4. The van der Waals surface area contributed by atoms with Crippen LogP contribution in [0.5, 0.6) is 0 Å². The topological polar surface area (TPSA) is 69.9 Å². The third-order valence-electron chi connectivity index (χ3n) is 11.4. The van der Waals surface area contributed by atoms with Gasteiger partial charge in [-0.15, -0.1) is 0 Å². The Morgan fingerprint density at radius 3 is 2.09 bits per heavy atom. The second-order valence-corrected chi connectivity index (χ2v) is 14.7. The van der Waals surface area contributed by atoms with Crippen molar-refractivity contribution in [2.45, 2.75) is 12.3 Å². The molecular weight excluding hydrogens is 701 g/mol. The molecule has 4 heterocycles. The maximum Gasteiger partial charge on any atom is 0.164 e. The summed E-state index contributed by atoms with van der Waals surface area (Å²) in [4.78, 5) is 15.2. The zero-order valence-electron chi connectivity index (χ0n) is 30.6. The van der Waals surface area contributed by atoms with Gasteiger partial charge in [0.15, 0.2) is 17.5 Å². The number of benzene rings is 7. The molecule has 0 N–H and O–H groups in total. The first-order chi connectivity index (χ1) is 28.2. The minimum atomic E-state index is 0.243. The lowest BCUT2D eigenvalue weighted by atomic mass is 9.89. The van der Waals surface area contributed by atoms with Crippen LogP contribution in [0.2, 0.25) is 0 Å². The van der Waals surface area contributed by atoms with Crippen molar-refractivity contribution in [1.29, 1.82) is 0 Å². The highest BCUT2D eigenvalue weighted by Gasteiger charge is 2.22. The van der Waals surface area contributed by atoms with Crippen LogP contribution in [0.3, 0.4) is 0 Å². The number of rotatable bonds is 5. The third-order valence-corrected chi connectivity index (χ3v) is 11.4. The van der Waals surface area contributed by atoms with E-state index in [0.29, 0.717) is 17.5 Å². The molecule has 1 aliphatic rings. The van der Waals surface area contributed by atoms with Crippen molar-refractivity contribution in [3.05, 3.63) is 187 Å². The van der Waals surface area contributed by atoms with Gasteiger partial charge in [0.2, 0.25) is 0 Å². The molecule has 0 saturated carbocycles. The van der Waals surface area contributed by atoms with Crippen LogP contribution in [0, 0.1) is 0 Å². The van der Waals surface area contributed by atoms with Crippen LogP contribution >= 0.6 is 0 Å². The van der Waals surface area contributed by atoms with Gasteiger partial charge in [0.1, 0.15) is 22.3 Å². The summed E-state index contributed by atoms with van der Waals surface area (Å²) in [6, 6.07) is 54.6. The van der Waals surface area contributed by atoms with E-state index >= 15 is 0 Å². The number of hydrogen-bond acceptors (Lipinski definition) is 5. The normalized spacial score (nSPS) is 14.5. The fraction of sp³-hybridized carbons (Fsp3) is 0.0392. The van der Waals surface area contributed by atoms with Crippen molar-refractivity contribution in [2.24, 2.45) is 0 Å². The Hall–Kier alpha value is -7.57. The molecule has 1 aliphatic carbocycles. The van der Waals surface area contributed by atoms with Crippen LogP contribution in [-0.4, -0.2) is 19.5 Å². The molecule has 1 unspecified atom stereocenters. The quantitative estimate of drug-likeness (QED) is 0.176. The number of hydrogen-bond donors (Lipinski definition) is 0. The second kappa shape index (κ2) is 12.5. The van der Waals surface area contributed by atoms with Crippen molar-refractivity contribution in [3.8, 4) is 28.5 Å². The molecule has 268 valence electrons. The van der Waals surface area contributed by atoms with Gasteiger partial charge in [0, 0.05) is 44.2 Å². The van der Waals surface area contributed by atoms with E-state index in [0.717, 1.165) is 94.5 Å². The molecule has 0 aliphatic heterocycles. The third kappa shape index (κ3) is 5.00. The number of nitrogens with zero attached hydrogens (tertiary/aromatic N) is 4. The number of para-hydroxylation sites is 2. The summed E-state index contributed by atoms with van der Waals surface area (Å²) in [5.74, 6) is 2.11. The molecule has 7 aromatic carbocycles. The highest BCUT2D eigenvalue weighted by atomic mass is 16.3. The number of fused-ring (bicyclic) bond motifs is 10. The molecule has 0 bridgehead atoms. The summed E-state index contributed by atoms with van der Waals surface area (Å²) in [6.45, 7) is 0. The van der Waals surface area contributed by atoms with E-state index in [1.807, 2.05) is 48.5 Å². The Morgan fingerprint density at radius 1 is 0.491 bits per heavy atom. The summed E-state index contributed by atoms with van der Waals surface area (Å²) in [5.41, 5.74) is 10.6. The smallest absolute Gasteiger partial charge is 0.164 e. The zero-order chi connectivity index (χ0) is 37.5. The molecular formula is C51H32N4O2. The monoisotopic (exact) mass is 732 g/mol. The lowest BCUT2D eigenvalue weighted by Gasteiger charge is -2.17. The minimum absolute atomic E-state index is 0.243. The minimum Gasteiger partial charge on any atom is -0.456 e. The Bertz CT molecular complexity index is 3440. The van der Waals surface area contributed by atoms with Gasteiger partial charge < -0.3 is 13.4 Å². The van der Waals surface area contributed by atoms with Crippen molar-refractivity contribution < 1.29 is 8.83 Å². The van der Waals surface area contributed by atoms with Crippen LogP contribution in [0.1, 0.15) is 23.7 Å². The van der Waals surface area contributed by atoms with Gasteiger partial charge in [-0.05, 0) is 60.5 Å². The average Bonchev–Trinajstić information content (AvgIpc) is 3.96. The summed E-state index contributed by atoms with van der Waals surface area (Å²) in [7, 11) is 0. The van der Waals surface area contributed by atoms with E-state index in [4.69, 9.17) is 23.8 Å². The molecule has 0 fully saturated rings. The zero-order valence-corrected chi connectivity index (χ0v) is 30.6. The van der Waals surface area contributed by atoms with E-state index < -0.39 is 0 Å². The molecule has 1 atom stereocenters. The summed E-state index contributed by atoms with van der Waals surface area (Å²) in [5, 5.41) is 6.53.